The fourth-order valence-electron chi connectivity index (χ4n) is 1.60. The Morgan fingerprint density at radius 2 is 1.95 bits per heavy atom. The van der Waals surface area contributed by atoms with Gasteiger partial charge in [-0.05, 0) is 25.0 Å². The van der Waals surface area contributed by atoms with E-state index >= 15 is 0 Å². The molecular formula is C14H19Cl2NO3. The minimum absolute atomic E-state index is 0.0866. The molecule has 0 aliphatic carbocycles. The molecule has 1 amide bonds. The number of rotatable bonds is 9. The van der Waals surface area contributed by atoms with Gasteiger partial charge >= 0.3 is 0 Å². The monoisotopic (exact) mass is 319 g/mol. The highest BCUT2D eigenvalue weighted by molar-refractivity contribution is 6.34. The van der Waals surface area contributed by atoms with Gasteiger partial charge in [-0.2, -0.15) is 0 Å². The fraction of sp³-hybridized carbons (Fsp3) is 0.500. The highest BCUT2D eigenvalue weighted by Gasteiger charge is 2.06. The molecule has 0 aliphatic heterocycles. The Morgan fingerprint density at radius 3 is 2.70 bits per heavy atom. The van der Waals surface area contributed by atoms with Crippen LogP contribution in [0, 0.1) is 0 Å². The average Bonchev–Trinajstić information content (AvgIpc) is 2.43. The molecule has 0 fully saturated rings. The van der Waals surface area contributed by atoms with Crippen molar-refractivity contribution >= 4 is 29.1 Å². The molecule has 0 unspecified atom stereocenters. The Hall–Kier alpha value is -0.970. The number of carbonyl (C=O) groups is 1. The van der Waals surface area contributed by atoms with Crippen molar-refractivity contribution < 1.29 is 14.6 Å². The predicted molar refractivity (Wildman–Crippen MR) is 80.5 cm³/mol. The van der Waals surface area contributed by atoms with E-state index in [2.05, 4.69) is 5.32 Å². The molecule has 1 rings (SSSR count). The van der Waals surface area contributed by atoms with E-state index in [1.54, 1.807) is 18.2 Å². The van der Waals surface area contributed by atoms with Gasteiger partial charge in [0, 0.05) is 24.2 Å². The Balaban J connectivity index is 2.18. The lowest BCUT2D eigenvalue weighted by molar-refractivity contribution is -0.123. The van der Waals surface area contributed by atoms with Crippen LogP contribution in [0.3, 0.4) is 0 Å². The largest absolute Gasteiger partial charge is 0.482 e. The molecule has 0 spiro atoms. The van der Waals surface area contributed by atoms with Crippen molar-refractivity contribution in [3.63, 3.8) is 0 Å². The van der Waals surface area contributed by atoms with E-state index < -0.39 is 0 Å². The molecule has 4 nitrogen and oxygen atoms in total. The van der Waals surface area contributed by atoms with Crippen LogP contribution in [-0.2, 0) is 4.79 Å². The lowest BCUT2D eigenvalue weighted by atomic mass is 10.2. The van der Waals surface area contributed by atoms with Crippen LogP contribution < -0.4 is 10.1 Å². The van der Waals surface area contributed by atoms with Gasteiger partial charge in [0.1, 0.15) is 5.75 Å². The second kappa shape index (κ2) is 9.86. The van der Waals surface area contributed by atoms with Crippen LogP contribution in [0.5, 0.6) is 5.75 Å². The molecule has 6 heteroatoms. The van der Waals surface area contributed by atoms with Crippen LogP contribution >= 0.6 is 23.2 Å². The Labute approximate surface area is 129 Å². The summed E-state index contributed by atoms with van der Waals surface area (Å²) >= 11 is 11.7. The quantitative estimate of drug-likeness (QED) is 0.688. The maximum absolute atomic E-state index is 11.5. The van der Waals surface area contributed by atoms with Crippen molar-refractivity contribution in [2.45, 2.75) is 25.7 Å². The number of nitrogens with one attached hydrogen (secondary N) is 1. The van der Waals surface area contributed by atoms with Crippen molar-refractivity contribution in [2.24, 2.45) is 0 Å². The topological polar surface area (TPSA) is 58.6 Å². The minimum Gasteiger partial charge on any atom is -0.482 e. The van der Waals surface area contributed by atoms with Gasteiger partial charge in [-0.3, -0.25) is 4.79 Å². The molecule has 0 bridgehead atoms. The van der Waals surface area contributed by atoms with Gasteiger partial charge in [0.15, 0.2) is 6.61 Å². The molecule has 0 radical (unpaired) electrons. The number of hydrogen-bond acceptors (Lipinski definition) is 3. The van der Waals surface area contributed by atoms with Crippen LogP contribution in [0.15, 0.2) is 18.2 Å². The molecule has 0 saturated carbocycles. The molecule has 0 atom stereocenters. The van der Waals surface area contributed by atoms with Crippen molar-refractivity contribution in [3.05, 3.63) is 28.2 Å². The van der Waals surface area contributed by atoms with E-state index in [9.17, 15) is 4.79 Å². The number of amides is 1. The van der Waals surface area contributed by atoms with E-state index in [0.717, 1.165) is 25.7 Å². The zero-order chi connectivity index (χ0) is 14.8. The summed E-state index contributed by atoms with van der Waals surface area (Å²) in [7, 11) is 0. The zero-order valence-electron chi connectivity index (χ0n) is 11.2. The highest BCUT2D eigenvalue weighted by atomic mass is 35.5. The standard InChI is InChI=1S/C14H19Cl2NO3/c15-11-5-6-12(16)13(9-11)20-10-14(19)17-7-3-1-2-4-8-18/h5-6,9,18H,1-4,7-8,10H2,(H,17,19). The van der Waals surface area contributed by atoms with Gasteiger partial charge in [-0.1, -0.05) is 36.0 Å². The predicted octanol–water partition coefficient (Wildman–Crippen LogP) is 3.04. The Bertz CT molecular complexity index is 427. The molecule has 0 aliphatic rings. The summed E-state index contributed by atoms with van der Waals surface area (Å²) in [6.07, 6.45) is 3.66. The summed E-state index contributed by atoms with van der Waals surface area (Å²) in [5, 5.41) is 12.3. The summed E-state index contributed by atoms with van der Waals surface area (Å²) in [6.45, 7) is 0.744. The number of carbonyl (C=O) groups excluding carboxylic acids is 1. The second-order valence-electron chi connectivity index (χ2n) is 4.35. The molecule has 2 N–H and O–H groups in total. The third-order valence-corrected chi connectivity index (χ3v) is 3.21. The van der Waals surface area contributed by atoms with Crippen LogP contribution in [0.2, 0.25) is 10.0 Å². The first-order valence-corrected chi connectivity index (χ1v) is 7.34. The van der Waals surface area contributed by atoms with Crippen molar-refractivity contribution in [1.82, 2.24) is 5.32 Å². The third kappa shape index (κ3) is 6.98. The van der Waals surface area contributed by atoms with Crippen LogP contribution in [0.4, 0.5) is 0 Å². The van der Waals surface area contributed by atoms with Gasteiger partial charge in [-0.15, -0.1) is 0 Å². The fourth-order valence-corrected chi connectivity index (χ4v) is 1.93. The molecule has 0 heterocycles. The van der Waals surface area contributed by atoms with Crippen molar-refractivity contribution in [2.75, 3.05) is 19.8 Å². The third-order valence-electron chi connectivity index (χ3n) is 2.66. The molecule has 0 saturated heterocycles. The van der Waals surface area contributed by atoms with Crippen LogP contribution in [0.25, 0.3) is 0 Å². The van der Waals surface area contributed by atoms with E-state index in [0.29, 0.717) is 22.3 Å². The van der Waals surface area contributed by atoms with Gasteiger partial charge in [0.25, 0.3) is 5.91 Å². The number of halogens is 2. The van der Waals surface area contributed by atoms with Crippen LogP contribution in [-0.4, -0.2) is 30.8 Å². The van der Waals surface area contributed by atoms with E-state index in [-0.39, 0.29) is 19.1 Å². The van der Waals surface area contributed by atoms with E-state index in [4.69, 9.17) is 33.0 Å². The summed E-state index contributed by atoms with van der Waals surface area (Å²) in [5.74, 6) is 0.209. The van der Waals surface area contributed by atoms with Gasteiger partial charge in [0.05, 0.1) is 5.02 Å². The first-order chi connectivity index (χ1) is 9.63. The summed E-state index contributed by atoms with van der Waals surface area (Å²) in [4.78, 5) is 11.5. The van der Waals surface area contributed by atoms with Crippen molar-refractivity contribution in [1.29, 1.82) is 0 Å². The average molecular weight is 320 g/mol. The number of aliphatic hydroxyl groups is 1. The smallest absolute Gasteiger partial charge is 0.257 e. The first kappa shape index (κ1) is 17.1. The molecule has 1 aromatic carbocycles. The summed E-state index contributed by atoms with van der Waals surface area (Å²) < 4.78 is 5.31. The SMILES string of the molecule is O=C(COc1cc(Cl)ccc1Cl)NCCCCCCO. The zero-order valence-corrected chi connectivity index (χ0v) is 12.7. The number of ether oxygens (including phenoxy) is 1. The highest BCUT2D eigenvalue weighted by Crippen LogP contribution is 2.27. The number of aliphatic hydroxyl groups excluding tert-OH is 1. The van der Waals surface area contributed by atoms with Crippen LogP contribution in [0.1, 0.15) is 25.7 Å². The summed E-state index contributed by atoms with van der Waals surface area (Å²) in [5.41, 5.74) is 0. The Morgan fingerprint density at radius 1 is 1.20 bits per heavy atom. The van der Waals surface area contributed by atoms with Gasteiger partial charge in [0.2, 0.25) is 0 Å². The maximum Gasteiger partial charge on any atom is 0.257 e. The number of benzene rings is 1. The molecule has 0 aromatic heterocycles. The molecule has 20 heavy (non-hydrogen) atoms. The Kier molecular flexibility index (Phi) is 8.42. The normalized spacial score (nSPS) is 10.3. The number of unbranched alkanes of at least 4 members (excludes halogenated alkanes) is 3. The molecule has 112 valence electrons. The first-order valence-electron chi connectivity index (χ1n) is 6.59. The van der Waals surface area contributed by atoms with E-state index in [1.807, 2.05) is 0 Å². The van der Waals surface area contributed by atoms with E-state index in [1.165, 1.54) is 0 Å². The van der Waals surface area contributed by atoms with Gasteiger partial charge in [-0.25, -0.2) is 0 Å². The minimum atomic E-state index is -0.191. The number of hydrogen-bond donors (Lipinski definition) is 2. The lowest BCUT2D eigenvalue weighted by Crippen LogP contribution is -2.29. The second-order valence-corrected chi connectivity index (χ2v) is 5.19. The summed E-state index contributed by atoms with van der Waals surface area (Å²) in [6, 6.07) is 4.85. The maximum atomic E-state index is 11.5. The molecule has 1 aromatic rings. The van der Waals surface area contributed by atoms with Crippen molar-refractivity contribution in [3.8, 4) is 5.75 Å². The molecular weight excluding hydrogens is 301 g/mol. The lowest BCUT2D eigenvalue weighted by Gasteiger charge is -2.09. The van der Waals surface area contributed by atoms with Gasteiger partial charge < -0.3 is 15.2 Å².